The third-order valence-corrected chi connectivity index (χ3v) is 5.59. The minimum atomic E-state index is -1.18. The van der Waals surface area contributed by atoms with Crippen molar-refractivity contribution < 1.29 is 19.4 Å². The monoisotopic (exact) mass is 492 g/mol. The number of amides is 2. The normalized spacial score (nSPS) is 17.1. The van der Waals surface area contributed by atoms with Gasteiger partial charge in [0, 0.05) is 19.6 Å². The molecule has 0 aromatic carbocycles. The number of carbonyl (C=O) groups excluding carboxylic acids is 2. The molecule has 0 spiro atoms. The van der Waals surface area contributed by atoms with Gasteiger partial charge in [-0.3, -0.25) is 4.79 Å². The van der Waals surface area contributed by atoms with Crippen LogP contribution in [0.3, 0.4) is 0 Å². The number of carbonyl (C=O) groups is 2. The molecule has 1 saturated heterocycles. The van der Waals surface area contributed by atoms with E-state index in [1.165, 1.54) is 16.7 Å². The number of ether oxygens (including phenoxy) is 1. The van der Waals surface area contributed by atoms with Crippen LogP contribution in [-0.2, 0) is 4.74 Å². The van der Waals surface area contributed by atoms with E-state index in [4.69, 9.17) is 27.9 Å². The standard InChI is InChI=1S/C20H30Cl2N4O4S/c1-19(2,3)30-18(28)26-9-7-8-12(26)10-25(11-20(4,5)29)16(27)13-14(21)23-17(31-6)24-15(13)22/h12,29H,7-11H2,1-6H3/t12-/m0/s1. The van der Waals surface area contributed by atoms with Crippen LogP contribution in [0.15, 0.2) is 5.16 Å². The molecule has 31 heavy (non-hydrogen) atoms. The van der Waals surface area contributed by atoms with Crippen molar-refractivity contribution >= 4 is 47.0 Å². The van der Waals surface area contributed by atoms with Gasteiger partial charge in [0.15, 0.2) is 5.16 Å². The average molecular weight is 493 g/mol. The Kier molecular flexibility index (Phi) is 8.46. The molecule has 1 fully saturated rings. The van der Waals surface area contributed by atoms with E-state index < -0.39 is 23.2 Å². The van der Waals surface area contributed by atoms with Crippen molar-refractivity contribution in [2.24, 2.45) is 0 Å². The van der Waals surface area contributed by atoms with Gasteiger partial charge in [-0.25, -0.2) is 14.8 Å². The fourth-order valence-corrected chi connectivity index (χ4v) is 4.36. The first kappa shape index (κ1) is 26.0. The van der Waals surface area contributed by atoms with Crippen molar-refractivity contribution in [3.8, 4) is 0 Å². The lowest BCUT2D eigenvalue weighted by molar-refractivity contribution is 0.0102. The maximum atomic E-state index is 13.4. The van der Waals surface area contributed by atoms with Crippen LogP contribution in [0.1, 0.15) is 57.8 Å². The lowest BCUT2D eigenvalue weighted by atomic mass is 10.1. The maximum Gasteiger partial charge on any atom is 0.410 e. The van der Waals surface area contributed by atoms with Crippen molar-refractivity contribution in [2.75, 3.05) is 25.9 Å². The van der Waals surface area contributed by atoms with Gasteiger partial charge in [-0.1, -0.05) is 35.0 Å². The molecule has 1 aromatic heterocycles. The van der Waals surface area contributed by atoms with Crippen molar-refractivity contribution in [3.05, 3.63) is 15.9 Å². The van der Waals surface area contributed by atoms with E-state index in [9.17, 15) is 14.7 Å². The van der Waals surface area contributed by atoms with E-state index in [0.717, 1.165) is 6.42 Å². The first-order chi connectivity index (χ1) is 14.2. The average Bonchev–Trinajstić information content (AvgIpc) is 3.06. The van der Waals surface area contributed by atoms with E-state index >= 15 is 0 Å². The van der Waals surface area contributed by atoms with Gasteiger partial charge in [0.05, 0.1) is 11.6 Å². The molecular formula is C20H30Cl2N4O4S. The summed E-state index contributed by atoms with van der Waals surface area (Å²) in [7, 11) is 0. The van der Waals surface area contributed by atoms with E-state index in [2.05, 4.69) is 9.97 Å². The number of aromatic nitrogens is 2. The number of thioether (sulfide) groups is 1. The molecule has 0 aliphatic carbocycles. The summed E-state index contributed by atoms with van der Waals surface area (Å²) in [6.45, 7) is 9.37. The van der Waals surface area contributed by atoms with E-state index in [0.29, 0.717) is 18.1 Å². The summed E-state index contributed by atoms with van der Waals surface area (Å²) in [5, 5.41) is 10.7. The molecule has 0 unspecified atom stereocenters. The van der Waals surface area contributed by atoms with Gasteiger partial charge in [-0.05, 0) is 53.7 Å². The Morgan fingerprint density at radius 1 is 1.23 bits per heavy atom. The number of likely N-dealkylation sites (tertiary alicyclic amines) is 1. The summed E-state index contributed by atoms with van der Waals surface area (Å²) in [6.07, 6.45) is 2.85. The van der Waals surface area contributed by atoms with Crippen molar-refractivity contribution in [3.63, 3.8) is 0 Å². The van der Waals surface area contributed by atoms with Gasteiger partial charge in [0.2, 0.25) is 0 Å². The highest BCUT2D eigenvalue weighted by atomic mass is 35.5. The molecule has 8 nitrogen and oxygen atoms in total. The van der Waals surface area contributed by atoms with Crippen LogP contribution in [0.5, 0.6) is 0 Å². The van der Waals surface area contributed by atoms with Gasteiger partial charge in [0.1, 0.15) is 21.5 Å². The first-order valence-corrected chi connectivity index (χ1v) is 12.0. The molecule has 1 aromatic rings. The SMILES string of the molecule is CSc1nc(Cl)c(C(=O)N(C[C@@H]2CCCN2C(=O)OC(C)(C)C)CC(C)(C)O)c(Cl)n1. The Morgan fingerprint density at radius 2 is 1.81 bits per heavy atom. The zero-order chi connectivity index (χ0) is 23.6. The maximum absolute atomic E-state index is 13.4. The third-order valence-electron chi connectivity index (χ3n) is 4.50. The van der Waals surface area contributed by atoms with Crippen molar-refractivity contribution in [1.82, 2.24) is 19.8 Å². The second kappa shape index (κ2) is 10.1. The molecule has 2 rings (SSSR count). The van der Waals surface area contributed by atoms with Crippen LogP contribution in [0, 0.1) is 0 Å². The Morgan fingerprint density at radius 3 is 2.29 bits per heavy atom. The lowest BCUT2D eigenvalue weighted by Gasteiger charge is -2.35. The quantitative estimate of drug-likeness (QED) is 0.362. The van der Waals surface area contributed by atoms with Gasteiger partial charge in [0.25, 0.3) is 5.91 Å². The zero-order valence-corrected chi connectivity index (χ0v) is 21.1. The fourth-order valence-electron chi connectivity index (χ4n) is 3.34. The molecule has 1 N–H and O–H groups in total. The van der Waals surface area contributed by atoms with Gasteiger partial charge in [-0.2, -0.15) is 0 Å². The number of hydrogen-bond acceptors (Lipinski definition) is 7. The van der Waals surface area contributed by atoms with Crippen molar-refractivity contribution in [1.29, 1.82) is 0 Å². The molecule has 2 amide bonds. The molecule has 0 bridgehead atoms. The second-order valence-corrected chi connectivity index (χ2v) is 10.6. The van der Waals surface area contributed by atoms with Crippen LogP contribution in [0.2, 0.25) is 10.3 Å². The van der Waals surface area contributed by atoms with E-state index in [-0.39, 0.29) is 35.0 Å². The second-order valence-electron chi connectivity index (χ2n) is 9.13. The topological polar surface area (TPSA) is 95.9 Å². The minimum absolute atomic E-state index is 0.0153. The molecule has 2 heterocycles. The number of hydrogen-bond donors (Lipinski definition) is 1. The van der Waals surface area contributed by atoms with E-state index in [1.54, 1.807) is 25.0 Å². The molecule has 174 valence electrons. The molecule has 11 heteroatoms. The van der Waals surface area contributed by atoms with E-state index in [1.807, 2.05) is 20.8 Å². The lowest BCUT2D eigenvalue weighted by Crippen LogP contribution is -2.50. The van der Waals surface area contributed by atoms with Crippen LogP contribution in [-0.4, -0.2) is 80.0 Å². The Labute approximate surface area is 197 Å². The van der Waals surface area contributed by atoms with Gasteiger partial charge >= 0.3 is 6.09 Å². The summed E-state index contributed by atoms with van der Waals surface area (Å²) in [5.74, 6) is -0.499. The molecular weight excluding hydrogens is 463 g/mol. The van der Waals surface area contributed by atoms with Crippen LogP contribution < -0.4 is 0 Å². The number of halogens is 2. The highest BCUT2D eigenvalue weighted by molar-refractivity contribution is 7.98. The van der Waals surface area contributed by atoms with Crippen LogP contribution >= 0.6 is 35.0 Å². The highest BCUT2D eigenvalue weighted by Crippen LogP contribution is 2.28. The predicted octanol–water partition coefficient (Wildman–Crippen LogP) is 4.12. The Hall–Kier alpha value is -1.29. The highest BCUT2D eigenvalue weighted by Gasteiger charge is 2.36. The summed E-state index contributed by atoms with van der Waals surface area (Å²) in [4.78, 5) is 37.3. The third kappa shape index (κ3) is 7.37. The fraction of sp³-hybridized carbons (Fsp3) is 0.700. The Balaban J connectivity index is 2.31. The Bertz CT molecular complexity index is 803. The largest absolute Gasteiger partial charge is 0.444 e. The van der Waals surface area contributed by atoms with Crippen molar-refractivity contribution in [2.45, 2.75) is 69.9 Å². The smallest absolute Gasteiger partial charge is 0.410 e. The predicted molar refractivity (Wildman–Crippen MR) is 122 cm³/mol. The first-order valence-electron chi connectivity index (χ1n) is 10.00. The molecule has 0 saturated carbocycles. The van der Waals surface area contributed by atoms with Crippen LogP contribution in [0.4, 0.5) is 4.79 Å². The zero-order valence-electron chi connectivity index (χ0n) is 18.7. The minimum Gasteiger partial charge on any atom is -0.444 e. The molecule has 1 atom stereocenters. The number of aliphatic hydroxyl groups is 1. The summed E-state index contributed by atoms with van der Waals surface area (Å²) >= 11 is 13.8. The number of nitrogens with zero attached hydrogens (tertiary/aromatic N) is 4. The molecule has 1 aliphatic rings. The summed E-state index contributed by atoms with van der Waals surface area (Å²) < 4.78 is 5.51. The molecule has 1 aliphatic heterocycles. The van der Waals surface area contributed by atoms with Crippen LogP contribution in [0.25, 0.3) is 0 Å². The molecule has 0 radical (unpaired) electrons. The van der Waals surface area contributed by atoms with Gasteiger partial charge in [-0.15, -0.1) is 0 Å². The summed E-state index contributed by atoms with van der Waals surface area (Å²) in [6, 6.07) is -0.259. The number of rotatable bonds is 6. The van der Waals surface area contributed by atoms with Gasteiger partial charge < -0.3 is 19.6 Å². The summed E-state index contributed by atoms with van der Waals surface area (Å²) in [5.41, 5.74) is -1.82.